The van der Waals surface area contributed by atoms with E-state index >= 15 is 0 Å². The Kier molecular flexibility index (Phi) is 4.62. The lowest BCUT2D eigenvalue weighted by Gasteiger charge is -2.09. The van der Waals surface area contributed by atoms with Crippen LogP contribution in [0.15, 0.2) is 35.1 Å². The Labute approximate surface area is 124 Å². The van der Waals surface area contributed by atoms with E-state index in [-0.39, 0.29) is 5.69 Å². The third kappa shape index (κ3) is 3.30. The van der Waals surface area contributed by atoms with E-state index in [2.05, 4.69) is 38.1 Å². The van der Waals surface area contributed by atoms with Crippen molar-refractivity contribution in [2.75, 3.05) is 5.32 Å². The number of anilines is 1. The van der Waals surface area contributed by atoms with Crippen LogP contribution in [0.25, 0.3) is 0 Å². The van der Waals surface area contributed by atoms with Crippen molar-refractivity contribution < 1.29 is 4.92 Å². The van der Waals surface area contributed by atoms with E-state index in [0.717, 1.165) is 17.7 Å². The number of rotatable bonds is 5. The van der Waals surface area contributed by atoms with Crippen LogP contribution in [0.3, 0.4) is 0 Å². The first kappa shape index (κ1) is 14.4. The van der Waals surface area contributed by atoms with Crippen molar-refractivity contribution in [3.8, 4) is 0 Å². The Morgan fingerprint density at radius 3 is 2.90 bits per heavy atom. The smallest absolute Gasteiger partial charge is 0.288 e. The molecule has 2 rings (SSSR count). The van der Waals surface area contributed by atoms with Crippen molar-refractivity contribution in [3.05, 3.63) is 56.4 Å². The standard InChI is InChI=1S/C13H13BrN4O2/c1-2-9-4-3-5-15-12(9)8-17-13-11(14)6-10(7-16-13)18(19)20/h3-7H,2,8H2,1H3,(H,16,17). The van der Waals surface area contributed by atoms with Gasteiger partial charge in [-0.15, -0.1) is 0 Å². The number of nitrogens with zero attached hydrogens (tertiary/aromatic N) is 3. The molecule has 0 atom stereocenters. The highest BCUT2D eigenvalue weighted by Crippen LogP contribution is 2.24. The van der Waals surface area contributed by atoms with Gasteiger partial charge in [-0.25, -0.2) is 4.98 Å². The molecule has 0 amide bonds. The minimum Gasteiger partial charge on any atom is -0.363 e. The number of halogens is 1. The van der Waals surface area contributed by atoms with Gasteiger partial charge in [0.25, 0.3) is 5.69 Å². The van der Waals surface area contributed by atoms with E-state index in [0.29, 0.717) is 16.8 Å². The van der Waals surface area contributed by atoms with Crippen LogP contribution >= 0.6 is 15.9 Å². The third-order valence-electron chi connectivity index (χ3n) is 2.83. The van der Waals surface area contributed by atoms with Crippen molar-refractivity contribution in [2.24, 2.45) is 0 Å². The Morgan fingerprint density at radius 1 is 1.45 bits per heavy atom. The van der Waals surface area contributed by atoms with Crippen LogP contribution < -0.4 is 5.32 Å². The van der Waals surface area contributed by atoms with Gasteiger partial charge >= 0.3 is 0 Å². The zero-order chi connectivity index (χ0) is 14.5. The van der Waals surface area contributed by atoms with Crippen molar-refractivity contribution >= 4 is 27.4 Å². The maximum atomic E-state index is 10.6. The molecule has 0 aliphatic heterocycles. The predicted octanol–water partition coefficient (Wildman–Crippen LogP) is 3.32. The van der Waals surface area contributed by atoms with Gasteiger partial charge in [-0.1, -0.05) is 13.0 Å². The van der Waals surface area contributed by atoms with Gasteiger partial charge in [0.05, 0.1) is 21.6 Å². The summed E-state index contributed by atoms with van der Waals surface area (Å²) in [6, 6.07) is 5.36. The first-order valence-corrected chi connectivity index (χ1v) is 6.87. The quantitative estimate of drug-likeness (QED) is 0.669. The van der Waals surface area contributed by atoms with Gasteiger partial charge in [0.15, 0.2) is 0 Å². The highest BCUT2D eigenvalue weighted by atomic mass is 79.9. The van der Waals surface area contributed by atoms with Crippen LogP contribution in [-0.2, 0) is 13.0 Å². The van der Waals surface area contributed by atoms with Crippen molar-refractivity contribution in [1.82, 2.24) is 9.97 Å². The monoisotopic (exact) mass is 336 g/mol. The zero-order valence-corrected chi connectivity index (χ0v) is 12.4. The van der Waals surface area contributed by atoms with Gasteiger partial charge in [0, 0.05) is 12.3 Å². The Hall–Kier alpha value is -2.02. The second-order valence-corrected chi connectivity index (χ2v) is 4.95. The van der Waals surface area contributed by atoms with Gasteiger partial charge < -0.3 is 5.32 Å². The summed E-state index contributed by atoms with van der Waals surface area (Å²) in [6.45, 7) is 2.59. The summed E-state index contributed by atoms with van der Waals surface area (Å²) in [6.07, 6.45) is 3.88. The van der Waals surface area contributed by atoms with E-state index in [1.165, 1.54) is 12.3 Å². The van der Waals surface area contributed by atoms with Crippen molar-refractivity contribution in [2.45, 2.75) is 19.9 Å². The molecule has 0 radical (unpaired) electrons. The Morgan fingerprint density at radius 2 is 2.25 bits per heavy atom. The number of nitro groups is 1. The normalized spacial score (nSPS) is 10.3. The summed E-state index contributed by atoms with van der Waals surface area (Å²) in [5.74, 6) is 0.559. The molecule has 1 N–H and O–H groups in total. The topological polar surface area (TPSA) is 81.0 Å². The lowest BCUT2D eigenvalue weighted by molar-refractivity contribution is -0.385. The van der Waals surface area contributed by atoms with E-state index < -0.39 is 4.92 Å². The Bertz CT molecular complexity index is 634. The molecule has 0 aromatic carbocycles. The number of pyridine rings is 2. The van der Waals surface area contributed by atoms with E-state index in [4.69, 9.17) is 0 Å². The summed E-state index contributed by atoms with van der Waals surface area (Å²) in [4.78, 5) is 18.5. The second-order valence-electron chi connectivity index (χ2n) is 4.10. The highest BCUT2D eigenvalue weighted by molar-refractivity contribution is 9.10. The minimum absolute atomic E-state index is 0.0468. The number of aromatic nitrogens is 2. The maximum Gasteiger partial charge on any atom is 0.288 e. The van der Waals surface area contributed by atoms with Crippen molar-refractivity contribution in [3.63, 3.8) is 0 Å². The first-order chi connectivity index (χ1) is 9.61. The summed E-state index contributed by atoms with van der Waals surface area (Å²) in [5.41, 5.74) is 2.06. The molecule has 0 aliphatic rings. The molecule has 0 aliphatic carbocycles. The molecule has 0 unspecified atom stereocenters. The van der Waals surface area contributed by atoms with Crippen LogP contribution in [0.5, 0.6) is 0 Å². The van der Waals surface area contributed by atoms with Crippen molar-refractivity contribution in [1.29, 1.82) is 0 Å². The van der Waals surface area contributed by atoms with Gasteiger partial charge in [-0.05, 0) is 34.0 Å². The molecular formula is C13H13BrN4O2. The lowest BCUT2D eigenvalue weighted by Crippen LogP contribution is -2.06. The molecule has 2 heterocycles. The second kappa shape index (κ2) is 6.42. The molecule has 7 heteroatoms. The van der Waals surface area contributed by atoms with E-state index in [9.17, 15) is 10.1 Å². The van der Waals surface area contributed by atoms with Crippen LogP contribution in [0, 0.1) is 10.1 Å². The fourth-order valence-corrected chi connectivity index (χ4v) is 2.25. The molecule has 0 saturated heterocycles. The van der Waals surface area contributed by atoms with Crippen LogP contribution in [-0.4, -0.2) is 14.9 Å². The average molecular weight is 337 g/mol. The Balaban J connectivity index is 2.13. The fraction of sp³-hybridized carbons (Fsp3) is 0.231. The van der Waals surface area contributed by atoms with Gasteiger partial charge in [-0.2, -0.15) is 0 Å². The molecule has 6 nitrogen and oxygen atoms in total. The van der Waals surface area contributed by atoms with Crippen LogP contribution in [0.1, 0.15) is 18.2 Å². The summed E-state index contributed by atoms with van der Waals surface area (Å²) < 4.78 is 0.556. The molecule has 20 heavy (non-hydrogen) atoms. The minimum atomic E-state index is -0.477. The summed E-state index contributed by atoms with van der Waals surface area (Å²) in [7, 11) is 0. The third-order valence-corrected chi connectivity index (χ3v) is 3.43. The molecule has 0 saturated carbocycles. The van der Waals surface area contributed by atoms with E-state index in [1.54, 1.807) is 6.20 Å². The summed E-state index contributed by atoms with van der Waals surface area (Å²) >= 11 is 3.27. The number of hydrogen-bond donors (Lipinski definition) is 1. The molecule has 2 aromatic heterocycles. The number of aryl methyl sites for hydroxylation is 1. The largest absolute Gasteiger partial charge is 0.363 e. The fourth-order valence-electron chi connectivity index (χ4n) is 1.78. The molecule has 0 fully saturated rings. The van der Waals surface area contributed by atoms with Crippen LogP contribution in [0.4, 0.5) is 11.5 Å². The molecule has 2 aromatic rings. The lowest BCUT2D eigenvalue weighted by atomic mass is 10.1. The van der Waals surface area contributed by atoms with Gasteiger partial charge in [0.2, 0.25) is 0 Å². The SMILES string of the molecule is CCc1cccnc1CNc1ncc([N+](=O)[O-])cc1Br. The number of hydrogen-bond acceptors (Lipinski definition) is 5. The van der Waals surface area contributed by atoms with E-state index in [1.807, 2.05) is 12.1 Å². The van der Waals surface area contributed by atoms with Gasteiger partial charge in [-0.3, -0.25) is 15.1 Å². The van der Waals surface area contributed by atoms with Crippen LogP contribution in [0.2, 0.25) is 0 Å². The zero-order valence-electron chi connectivity index (χ0n) is 10.8. The summed E-state index contributed by atoms with van der Waals surface area (Å²) in [5, 5.41) is 13.8. The number of nitrogens with one attached hydrogen (secondary N) is 1. The molecule has 104 valence electrons. The average Bonchev–Trinajstić information content (AvgIpc) is 2.46. The molecule has 0 spiro atoms. The molecule has 0 bridgehead atoms. The maximum absolute atomic E-state index is 10.6. The highest BCUT2D eigenvalue weighted by Gasteiger charge is 2.11. The predicted molar refractivity (Wildman–Crippen MR) is 79.5 cm³/mol. The first-order valence-electron chi connectivity index (χ1n) is 6.08. The van der Waals surface area contributed by atoms with Gasteiger partial charge in [0.1, 0.15) is 12.0 Å². The molecular weight excluding hydrogens is 324 g/mol.